The van der Waals surface area contributed by atoms with Crippen LogP contribution in [0.3, 0.4) is 0 Å². The van der Waals surface area contributed by atoms with E-state index >= 15 is 0 Å². The predicted octanol–water partition coefficient (Wildman–Crippen LogP) is 3.89. The standard InChI is InChI=1S/C15H12BrN3O/c1-9-2-7-13-12(8-9)14(19-18-13)15(20)17-11-5-3-10(16)4-6-11/h2-8H,1H3,(H,17,20)(H,18,19). The minimum absolute atomic E-state index is 0.218. The number of nitrogens with one attached hydrogen (secondary N) is 2. The highest BCUT2D eigenvalue weighted by Gasteiger charge is 2.14. The molecule has 5 heteroatoms. The molecule has 0 fully saturated rings. The Bertz CT molecular complexity index is 777. The first-order valence-electron chi connectivity index (χ1n) is 6.15. The van der Waals surface area contributed by atoms with Crippen molar-refractivity contribution >= 4 is 38.4 Å². The molecule has 0 aliphatic heterocycles. The number of benzene rings is 2. The number of aryl methyl sites for hydroxylation is 1. The molecule has 3 rings (SSSR count). The van der Waals surface area contributed by atoms with E-state index in [-0.39, 0.29) is 5.91 Å². The quantitative estimate of drug-likeness (QED) is 0.749. The summed E-state index contributed by atoms with van der Waals surface area (Å²) in [6.45, 7) is 1.99. The normalized spacial score (nSPS) is 10.7. The maximum Gasteiger partial charge on any atom is 0.276 e. The third kappa shape index (κ3) is 2.44. The van der Waals surface area contributed by atoms with Crippen LogP contribution < -0.4 is 5.32 Å². The van der Waals surface area contributed by atoms with E-state index in [1.807, 2.05) is 49.4 Å². The van der Waals surface area contributed by atoms with Crippen molar-refractivity contribution < 1.29 is 4.79 Å². The lowest BCUT2D eigenvalue weighted by atomic mass is 10.1. The van der Waals surface area contributed by atoms with E-state index < -0.39 is 0 Å². The van der Waals surface area contributed by atoms with Crippen molar-refractivity contribution in [2.24, 2.45) is 0 Å². The van der Waals surface area contributed by atoms with Gasteiger partial charge < -0.3 is 5.32 Å². The van der Waals surface area contributed by atoms with Crippen LogP contribution in [0.25, 0.3) is 10.9 Å². The largest absolute Gasteiger partial charge is 0.321 e. The van der Waals surface area contributed by atoms with Gasteiger partial charge in [-0.2, -0.15) is 5.10 Å². The molecule has 0 aliphatic rings. The van der Waals surface area contributed by atoms with Gasteiger partial charge in [0.15, 0.2) is 5.69 Å². The van der Waals surface area contributed by atoms with Crippen LogP contribution >= 0.6 is 15.9 Å². The van der Waals surface area contributed by atoms with Gasteiger partial charge in [-0.3, -0.25) is 9.89 Å². The molecule has 2 aromatic carbocycles. The topological polar surface area (TPSA) is 57.8 Å². The fraction of sp³-hybridized carbons (Fsp3) is 0.0667. The van der Waals surface area contributed by atoms with Gasteiger partial charge in [-0.1, -0.05) is 27.6 Å². The first-order valence-corrected chi connectivity index (χ1v) is 6.94. The van der Waals surface area contributed by atoms with Crippen molar-refractivity contribution in [3.8, 4) is 0 Å². The number of hydrogen-bond donors (Lipinski definition) is 2. The molecule has 1 aromatic heterocycles. The second-order valence-electron chi connectivity index (χ2n) is 4.58. The van der Waals surface area contributed by atoms with Gasteiger partial charge in [0.05, 0.1) is 5.52 Å². The monoisotopic (exact) mass is 329 g/mol. The van der Waals surface area contributed by atoms with E-state index in [0.29, 0.717) is 5.69 Å². The lowest BCUT2D eigenvalue weighted by molar-refractivity contribution is 0.102. The number of amides is 1. The van der Waals surface area contributed by atoms with Crippen LogP contribution in [0.15, 0.2) is 46.9 Å². The molecule has 0 atom stereocenters. The summed E-state index contributed by atoms with van der Waals surface area (Å²) in [7, 11) is 0. The van der Waals surface area contributed by atoms with Crippen LogP contribution in [0.4, 0.5) is 5.69 Å². The molecule has 0 saturated heterocycles. The highest BCUT2D eigenvalue weighted by molar-refractivity contribution is 9.10. The Morgan fingerprint density at radius 3 is 2.70 bits per heavy atom. The third-order valence-electron chi connectivity index (χ3n) is 3.04. The molecule has 0 bridgehead atoms. The molecule has 0 unspecified atom stereocenters. The number of aromatic amines is 1. The molecular formula is C15H12BrN3O. The van der Waals surface area contributed by atoms with Crippen molar-refractivity contribution in [1.82, 2.24) is 10.2 Å². The fourth-order valence-corrected chi connectivity index (χ4v) is 2.29. The zero-order valence-electron chi connectivity index (χ0n) is 10.8. The summed E-state index contributed by atoms with van der Waals surface area (Å²) < 4.78 is 0.969. The molecule has 20 heavy (non-hydrogen) atoms. The zero-order chi connectivity index (χ0) is 14.1. The molecule has 4 nitrogen and oxygen atoms in total. The van der Waals surface area contributed by atoms with E-state index in [1.165, 1.54) is 0 Å². The van der Waals surface area contributed by atoms with E-state index in [0.717, 1.165) is 26.6 Å². The predicted molar refractivity (Wildman–Crippen MR) is 82.9 cm³/mol. The maximum absolute atomic E-state index is 12.3. The number of rotatable bonds is 2. The van der Waals surface area contributed by atoms with Gasteiger partial charge in [0.2, 0.25) is 0 Å². The Hall–Kier alpha value is -2.14. The number of H-pyrrole nitrogens is 1. The molecule has 1 heterocycles. The van der Waals surface area contributed by atoms with E-state index in [4.69, 9.17) is 0 Å². The highest BCUT2D eigenvalue weighted by Crippen LogP contribution is 2.19. The molecular weight excluding hydrogens is 318 g/mol. The summed E-state index contributed by atoms with van der Waals surface area (Å²) in [4.78, 5) is 12.3. The molecule has 3 aromatic rings. The van der Waals surface area contributed by atoms with E-state index in [9.17, 15) is 4.79 Å². The van der Waals surface area contributed by atoms with Crippen molar-refractivity contribution in [2.45, 2.75) is 6.92 Å². The SMILES string of the molecule is Cc1ccc2[nH]nc(C(=O)Nc3ccc(Br)cc3)c2c1. The molecule has 2 N–H and O–H groups in total. The number of nitrogens with zero attached hydrogens (tertiary/aromatic N) is 1. The van der Waals surface area contributed by atoms with E-state index in [1.54, 1.807) is 0 Å². The van der Waals surface area contributed by atoms with Crippen molar-refractivity contribution in [1.29, 1.82) is 0 Å². The number of hydrogen-bond acceptors (Lipinski definition) is 2. The van der Waals surface area contributed by atoms with Gasteiger partial charge in [-0.15, -0.1) is 0 Å². The Labute approximate surface area is 124 Å². The Balaban J connectivity index is 1.92. The molecule has 0 radical (unpaired) electrons. The molecule has 100 valence electrons. The Morgan fingerprint density at radius 1 is 1.20 bits per heavy atom. The van der Waals surface area contributed by atoms with Crippen molar-refractivity contribution in [3.05, 3.63) is 58.2 Å². The van der Waals surface area contributed by atoms with Gasteiger partial charge in [-0.05, 0) is 43.3 Å². The first-order chi connectivity index (χ1) is 9.63. The Kier molecular flexibility index (Phi) is 3.28. The van der Waals surface area contributed by atoms with Crippen LogP contribution in [0.5, 0.6) is 0 Å². The lowest BCUT2D eigenvalue weighted by Crippen LogP contribution is -2.12. The van der Waals surface area contributed by atoms with Crippen LogP contribution in [0, 0.1) is 6.92 Å². The average molecular weight is 330 g/mol. The van der Waals surface area contributed by atoms with Crippen molar-refractivity contribution in [3.63, 3.8) is 0 Å². The second-order valence-corrected chi connectivity index (χ2v) is 5.50. The Morgan fingerprint density at radius 2 is 1.95 bits per heavy atom. The number of aromatic nitrogens is 2. The van der Waals surface area contributed by atoms with Crippen LogP contribution in [-0.2, 0) is 0 Å². The number of carbonyl (C=O) groups excluding carboxylic acids is 1. The van der Waals surface area contributed by atoms with Crippen molar-refractivity contribution in [2.75, 3.05) is 5.32 Å². The molecule has 0 saturated carbocycles. The smallest absolute Gasteiger partial charge is 0.276 e. The number of anilines is 1. The minimum atomic E-state index is -0.218. The number of fused-ring (bicyclic) bond motifs is 1. The highest BCUT2D eigenvalue weighted by atomic mass is 79.9. The summed E-state index contributed by atoms with van der Waals surface area (Å²) in [6, 6.07) is 13.3. The molecule has 0 aliphatic carbocycles. The van der Waals surface area contributed by atoms with Gasteiger partial charge in [-0.25, -0.2) is 0 Å². The fourth-order valence-electron chi connectivity index (χ4n) is 2.02. The molecule has 0 spiro atoms. The third-order valence-corrected chi connectivity index (χ3v) is 3.56. The minimum Gasteiger partial charge on any atom is -0.321 e. The lowest BCUT2D eigenvalue weighted by Gasteiger charge is -2.03. The summed E-state index contributed by atoms with van der Waals surface area (Å²) in [5.41, 5.74) is 3.10. The summed E-state index contributed by atoms with van der Waals surface area (Å²) in [6.07, 6.45) is 0. The zero-order valence-corrected chi connectivity index (χ0v) is 12.4. The van der Waals surface area contributed by atoms with E-state index in [2.05, 4.69) is 31.4 Å². The van der Waals surface area contributed by atoms with Gasteiger partial charge in [0.1, 0.15) is 0 Å². The molecule has 1 amide bonds. The summed E-state index contributed by atoms with van der Waals surface area (Å²) in [5, 5.41) is 10.7. The van der Waals surface area contributed by atoms with Crippen LogP contribution in [-0.4, -0.2) is 16.1 Å². The second kappa shape index (κ2) is 5.09. The van der Waals surface area contributed by atoms with Gasteiger partial charge >= 0.3 is 0 Å². The summed E-state index contributed by atoms with van der Waals surface area (Å²) in [5.74, 6) is -0.218. The maximum atomic E-state index is 12.3. The summed E-state index contributed by atoms with van der Waals surface area (Å²) >= 11 is 3.36. The van der Waals surface area contributed by atoms with Crippen LogP contribution in [0.1, 0.15) is 16.1 Å². The number of halogens is 1. The van der Waals surface area contributed by atoms with Crippen LogP contribution in [0.2, 0.25) is 0 Å². The van der Waals surface area contributed by atoms with Gasteiger partial charge in [0.25, 0.3) is 5.91 Å². The van der Waals surface area contributed by atoms with Gasteiger partial charge in [0, 0.05) is 15.5 Å². The average Bonchev–Trinajstić information content (AvgIpc) is 2.84. The first kappa shape index (κ1) is 12.9. The number of carbonyl (C=O) groups is 1.